The first-order valence-electron chi connectivity index (χ1n) is 16.4. The van der Waals surface area contributed by atoms with E-state index in [0.29, 0.717) is 42.2 Å². The molecule has 1 amide bonds. The van der Waals surface area contributed by atoms with Gasteiger partial charge >= 0.3 is 0 Å². The first kappa shape index (κ1) is 29.1. The second-order valence-corrected chi connectivity index (χ2v) is 13.5. The number of nitrogens with zero attached hydrogens (tertiary/aromatic N) is 1. The molecule has 218 valence electrons. The van der Waals surface area contributed by atoms with Crippen molar-refractivity contribution in [3.8, 4) is 0 Å². The van der Waals surface area contributed by atoms with Gasteiger partial charge < -0.3 is 10.2 Å². The Balaban J connectivity index is 1.16. The Hall–Kier alpha value is -2.43. The third-order valence-electron chi connectivity index (χ3n) is 10.4. The molecular formula is C35H51N3O2. The molecule has 1 aromatic rings. The minimum atomic E-state index is -0.561. The maximum absolute atomic E-state index is 14.1. The molecule has 5 rings (SSSR count). The fraction of sp³-hybridized carbons (Fsp3) is 0.686. The molecule has 2 aliphatic carbocycles. The Morgan fingerprint density at radius 3 is 2.17 bits per heavy atom. The molecule has 3 fully saturated rings. The highest BCUT2D eigenvalue weighted by atomic mass is 16.2. The number of amidine groups is 1. The molecule has 2 heterocycles. The average molecular weight is 546 g/mol. The average Bonchev–Trinajstić information content (AvgIpc) is 3.41. The number of rotatable bonds is 10. The summed E-state index contributed by atoms with van der Waals surface area (Å²) in [4.78, 5) is 29.0. The van der Waals surface area contributed by atoms with Gasteiger partial charge in [-0.1, -0.05) is 100 Å². The predicted octanol–water partition coefficient (Wildman–Crippen LogP) is 7.39. The lowest BCUT2D eigenvalue weighted by molar-refractivity contribution is -0.130. The predicted molar refractivity (Wildman–Crippen MR) is 162 cm³/mol. The second kappa shape index (κ2) is 14.0. The number of aryl methyl sites for hydroxylation is 1. The number of carbonyl (C=O) groups is 2. The van der Waals surface area contributed by atoms with Crippen molar-refractivity contribution in [1.82, 2.24) is 10.2 Å². The van der Waals surface area contributed by atoms with E-state index in [0.717, 1.165) is 57.2 Å². The molecule has 5 nitrogen and oxygen atoms in total. The van der Waals surface area contributed by atoms with Crippen molar-refractivity contribution < 1.29 is 9.59 Å². The van der Waals surface area contributed by atoms with Gasteiger partial charge in [0, 0.05) is 25.9 Å². The molecule has 0 radical (unpaired) electrons. The Labute approximate surface area is 242 Å². The maximum atomic E-state index is 14.1. The SMILES string of the molecule is N=C1C=C(CCC2CCN(C(=O)CCc3ccccc3)C2)CC(=O)C(CC2CCCCC2)(CC2CCCCC2)N1. The standard InChI is InChI=1S/C35H51N3O2/c36-33-23-31(17-16-30-20-21-38(26-30)34(40)19-18-27-10-4-1-5-11-27)22-32(39)35(37-33,24-28-12-6-2-7-13-28)25-29-14-8-3-9-15-29/h1,4-5,10-11,23,28-30H,2-3,6-9,12-22,24-26H2,(H2,36,37). The summed E-state index contributed by atoms with van der Waals surface area (Å²) in [6.07, 6.45) is 21.3. The number of ketones is 1. The molecule has 2 saturated carbocycles. The lowest BCUT2D eigenvalue weighted by Gasteiger charge is -2.40. The number of benzene rings is 1. The number of hydrogen-bond acceptors (Lipinski definition) is 3. The van der Waals surface area contributed by atoms with E-state index < -0.39 is 5.54 Å². The van der Waals surface area contributed by atoms with Gasteiger partial charge in [-0.15, -0.1) is 0 Å². The van der Waals surface area contributed by atoms with E-state index in [1.807, 2.05) is 29.2 Å². The molecule has 1 saturated heterocycles. The number of amides is 1. The van der Waals surface area contributed by atoms with Gasteiger partial charge in [0.15, 0.2) is 5.78 Å². The lowest BCUT2D eigenvalue weighted by atomic mass is 9.70. The maximum Gasteiger partial charge on any atom is 0.222 e. The minimum Gasteiger partial charge on any atom is -0.358 e. The molecule has 2 aliphatic heterocycles. The van der Waals surface area contributed by atoms with Gasteiger partial charge in [-0.3, -0.25) is 15.0 Å². The number of likely N-dealkylation sites (tertiary alicyclic amines) is 1. The Morgan fingerprint density at radius 1 is 0.875 bits per heavy atom. The van der Waals surface area contributed by atoms with Crippen molar-refractivity contribution in [3.63, 3.8) is 0 Å². The summed E-state index contributed by atoms with van der Waals surface area (Å²) in [6.45, 7) is 1.68. The molecule has 0 bridgehead atoms. The molecule has 0 spiro atoms. The van der Waals surface area contributed by atoms with Gasteiger partial charge in [-0.25, -0.2) is 0 Å². The molecule has 2 N–H and O–H groups in total. The van der Waals surface area contributed by atoms with E-state index in [1.54, 1.807) is 0 Å². The molecule has 1 aromatic carbocycles. The molecule has 5 heteroatoms. The van der Waals surface area contributed by atoms with Crippen LogP contribution in [0.1, 0.15) is 115 Å². The molecule has 0 aromatic heterocycles. The van der Waals surface area contributed by atoms with Crippen molar-refractivity contribution in [2.24, 2.45) is 17.8 Å². The molecular weight excluding hydrogens is 494 g/mol. The van der Waals surface area contributed by atoms with Crippen LogP contribution in [0, 0.1) is 23.2 Å². The van der Waals surface area contributed by atoms with Crippen LogP contribution >= 0.6 is 0 Å². The minimum absolute atomic E-state index is 0.261. The lowest BCUT2D eigenvalue weighted by Crippen LogP contribution is -2.55. The van der Waals surface area contributed by atoms with Gasteiger partial charge in [0.25, 0.3) is 0 Å². The zero-order valence-electron chi connectivity index (χ0n) is 24.6. The van der Waals surface area contributed by atoms with Crippen LogP contribution in [0.15, 0.2) is 42.0 Å². The van der Waals surface area contributed by atoms with Gasteiger partial charge in [0.05, 0.1) is 5.54 Å². The zero-order valence-corrected chi connectivity index (χ0v) is 24.6. The van der Waals surface area contributed by atoms with Crippen LogP contribution in [0.4, 0.5) is 0 Å². The number of nitrogens with one attached hydrogen (secondary N) is 2. The molecule has 1 unspecified atom stereocenters. The van der Waals surface area contributed by atoms with Crippen molar-refractivity contribution in [2.45, 2.75) is 121 Å². The highest BCUT2D eigenvalue weighted by molar-refractivity contribution is 6.02. The summed E-state index contributed by atoms with van der Waals surface area (Å²) in [5.74, 6) is 2.73. The first-order chi connectivity index (χ1) is 19.5. The van der Waals surface area contributed by atoms with Crippen LogP contribution in [-0.2, 0) is 16.0 Å². The second-order valence-electron chi connectivity index (χ2n) is 13.5. The van der Waals surface area contributed by atoms with Gasteiger partial charge in [0.2, 0.25) is 5.91 Å². The van der Waals surface area contributed by atoms with E-state index in [4.69, 9.17) is 5.41 Å². The van der Waals surface area contributed by atoms with Crippen LogP contribution in [0.5, 0.6) is 0 Å². The molecule has 1 atom stereocenters. The van der Waals surface area contributed by atoms with Crippen molar-refractivity contribution in [2.75, 3.05) is 13.1 Å². The van der Waals surface area contributed by atoms with E-state index in [9.17, 15) is 9.59 Å². The number of hydrogen-bond donors (Lipinski definition) is 2. The first-order valence-corrected chi connectivity index (χ1v) is 16.4. The van der Waals surface area contributed by atoms with Crippen LogP contribution in [0.3, 0.4) is 0 Å². The van der Waals surface area contributed by atoms with Crippen LogP contribution in [-0.4, -0.2) is 41.1 Å². The number of allylic oxidation sites excluding steroid dienone is 1. The Kier molecular flexibility index (Phi) is 10.1. The highest BCUT2D eigenvalue weighted by Gasteiger charge is 2.43. The van der Waals surface area contributed by atoms with Crippen LogP contribution in [0.2, 0.25) is 0 Å². The summed E-state index contributed by atoms with van der Waals surface area (Å²) in [5.41, 5.74) is 1.77. The van der Waals surface area contributed by atoms with E-state index in [2.05, 4.69) is 17.4 Å². The topological polar surface area (TPSA) is 73.3 Å². The monoisotopic (exact) mass is 545 g/mol. The zero-order chi connectivity index (χ0) is 27.8. The number of carbonyl (C=O) groups excluding carboxylic acids is 2. The number of Topliss-reactive ketones (excluding diaryl/α,β-unsaturated/α-hetero) is 1. The smallest absolute Gasteiger partial charge is 0.222 e. The van der Waals surface area contributed by atoms with Gasteiger partial charge in [0.1, 0.15) is 5.84 Å². The fourth-order valence-electron chi connectivity index (χ4n) is 8.07. The van der Waals surface area contributed by atoms with Crippen molar-refractivity contribution in [3.05, 3.63) is 47.5 Å². The summed E-state index contributed by atoms with van der Waals surface area (Å²) < 4.78 is 0. The third-order valence-corrected chi connectivity index (χ3v) is 10.4. The molecule has 4 aliphatic rings. The normalized spacial score (nSPS) is 24.4. The van der Waals surface area contributed by atoms with E-state index >= 15 is 0 Å². The summed E-state index contributed by atoms with van der Waals surface area (Å²) in [5, 5.41) is 12.4. The van der Waals surface area contributed by atoms with Crippen LogP contribution < -0.4 is 5.32 Å². The summed E-state index contributed by atoms with van der Waals surface area (Å²) in [7, 11) is 0. The van der Waals surface area contributed by atoms with Gasteiger partial charge in [-0.05, 0) is 67.9 Å². The van der Waals surface area contributed by atoms with Gasteiger partial charge in [-0.2, -0.15) is 0 Å². The van der Waals surface area contributed by atoms with E-state index in [-0.39, 0.29) is 5.91 Å². The largest absolute Gasteiger partial charge is 0.358 e. The fourth-order valence-corrected chi connectivity index (χ4v) is 8.07. The Morgan fingerprint density at radius 2 is 1.52 bits per heavy atom. The summed E-state index contributed by atoms with van der Waals surface area (Å²) in [6, 6.07) is 10.3. The van der Waals surface area contributed by atoms with Crippen LogP contribution in [0.25, 0.3) is 0 Å². The highest BCUT2D eigenvalue weighted by Crippen LogP contribution is 2.40. The van der Waals surface area contributed by atoms with Crippen molar-refractivity contribution >= 4 is 17.5 Å². The Bertz CT molecular complexity index is 1020. The summed E-state index contributed by atoms with van der Waals surface area (Å²) >= 11 is 0. The quantitative estimate of drug-likeness (QED) is 0.322. The van der Waals surface area contributed by atoms with E-state index in [1.165, 1.54) is 69.8 Å². The molecule has 40 heavy (non-hydrogen) atoms. The van der Waals surface area contributed by atoms with Crippen molar-refractivity contribution in [1.29, 1.82) is 5.41 Å². The third kappa shape index (κ3) is 7.85.